The van der Waals surface area contributed by atoms with E-state index < -0.39 is 5.91 Å². The number of benzene rings is 2. The summed E-state index contributed by atoms with van der Waals surface area (Å²) in [6.45, 7) is 6.92. The monoisotopic (exact) mass is 264 g/mol. The van der Waals surface area contributed by atoms with E-state index in [1.807, 2.05) is 12.1 Å². The van der Waals surface area contributed by atoms with Gasteiger partial charge in [0.1, 0.15) is 0 Å². The maximum absolute atomic E-state index is 9.47. The van der Waals surface area contributed by atoms with Gasteiger partial charge in [0, 0.05) is 16.3 Å². The highest BCUT2D eigenvalue weighted by molar-refractivity contribution is 6.09. The van der Waals surface area contributed by atoms with Gasteiger partial charge in [-0.15, -0.1) is 0 Å². The van der Waals surface area contributed by atoms with E-state index in [2.05, 4.69) is 60.3 Å². The van der Waals surface area contributed by atoms with Crippen LogP contribution in [-0.4, -0.2) is 10.9 Å². The number of para-hydroxylation sites is 2. The summed E-state index contributed by atoms with van der Waals surface area (Å²) >= 11 is 0. The molecule has 0 saturated carbocycles. The summed E-state index contributed by atoms with van der Waals surface area (Å²) in [5.74, 6) is -0.481. The Kier molecular flexibility index (Phi) is 4.01. The minimum absolute atomic E-state index is 0.481. The van der Waals surface area contributed by atoms with Crippen LogP contribution < -0.4 is 5.73 Å². The first-order chi connectivity index (χ1) is 9.67. The minimum atomic E-state index is -0.481. The maximum atomic E-state index is 9.47. The third-order valence-electron chi connectivity index (χ3n) is 2.99. The van der Waals surface area contributed by atoms with Crippen molar-refractivity contribution in [3.63, 3.8) is 0 Å². The lowest BCUT2D eigenvalue weighted by Gasteiger charge is -1.94. The van der Waals surface area contributed by atoms with E-state index in [0.717, 1.165) is 11.6 Å². The fourth-order valence-electron chi connectivity index (χ4n) is 2.07. The number of nitrogens with one attached hydrogen (secondary N) is 1. The van der Waals surface area contributed by atoms with Gasteiger partial charge in [0.15, 0.2) is 0 Å². The molecule has 0 fully saturated rings. The van der Waals surface area contributed by atoms with Crippen LogP contribution >= 0.6 is 0 Å². The molecule has 1 amide bonds. The van der Waals surface area contributed by atoms with Crippen LogP contribution in [0.5, 0.6) is 0 Å². The Morgan fingerprint density at radius 3 is 2.35 bits per heavy atom. The van der Waals surface area contributed by atoms with Gasteiger partial charge in [-0.1, -0.05) is 55.6 Å². The van der Waals surface area contributed by atoms with Crippen molar-refractivity contribution in [2.45, 2.75) is 0 Å². The van der Waals surface area contributed by atoms with Crippen molar-refractivity contribution in [2.24, 2.45) is 5.73 Å². The largest absolute Gasteiger partial charge is 0.366 e. The standard InChI is InChI=1S/C14H11N.C3H5NO/c1-2-10-6-5-8-12-11-7-3-4-9-13(11)15-14(10)12;1-2-3(4)5/h2-9,15H,1H2;2H,1H2,(H2,4,5). The molecular weight excluding hydrogens is 248 g/mol. The Labute approximate surface area is 117 Å². The van der Waals surface area contributed by atoms with Crippen LogP contribution in [-0.2, 0) is 4.79 Å². The van der Waals surface area contributed by atoms with Crippen LogP contribution in [0, 0.1) is 0 Å². The van der Waals surface area contributed by atoms with Gasteiger partial charge in [-0.3, -0.25) is 4.79 Å². The van der Waals surface area contributed by atoms with Crippen LogP contribution in [0.1, 0.15) is 5.56 Å². The number of aromatic amines is 1. The molecule has 3 rings (SSSR count). The van der Waals surface area contributed by atoms with Crippen molar-refractivity contribution in [3.05, 3.63) is 67.3 Å². The van der Waals surface area contributed by atoms with Gasteiger partial charge in [0.25, 0.3) is 0 Å². The normalized spacial score (nSPS) is 9.80. The van der Waals surface area contributed by atoms with E-state index in [9.17, 15) is 4.79 Å². The predicted molar refractivity (Wildman–Crippen MR) is 85.3 cm³/mol. The van der Waals surface area contributed by atoms with Crippen LogP contribution in [0.4, 0.5) is 0 Å². The molecule has 2 aromatic carbocycles. The molecule has 3 aromatic rings. The highest BCUT2D eigenvalue weighted by Crippen LogP contribution is 2.27. The molecule has 1 heterocycles. The molecule has 0 radical (unpaired) electrons. The summed E-state index contributed by atoms with van der Waals surface area (Å²) in [4.78, 5) is 12.9. The number of hydrogen-bond donors (Lipinski definition) is 2. The third-order valence-corrected chi connectivity index (χ3v) is 2.99. The number of amides is 1. The summed E-state index contributed by atoms with van der Waals surface area (Å²) in [6.07, 6.45) is 2.94. The quantitative estimate of drug-likeness (QED) is 0.682. The molecule has 1 aromatic heterocycles. The number of H-pyrrole nitrogens is 1. The zero-order valence-electron chi connectivity index (χ0n) is 11.1. The molecule has 3 N–H and O–H groups in total. The lowest BCUT2D eigenvalue weighted by molar-refractivity contribution is -0.113. The van der Waals surface area contributed by atoms with Crippen LogP contribution in [0.2, 0.25) is 0 Å². The number of primary amides is 1. The van der Waals surface area contributed by atoms with Crippen molar-refractivity contribution in [3.8, 4) is 0 Å². The highest BCUT2D eigenvalue weighted by Gasteiger charge is 2.04. The van der Waals surface area contributed by atoms with E-state index in [1.54, 1.807) is 0 Å². The molecule has 100 valence electrons. The Balaban J connectivity index is 0.000000257. The summed E-state index contributed by atoms with van der Waals surface area (Å²) in [6, 6.07) is 14.6. The number of carbonyl (C=O) groups is 1. The number of hydrogen-bond acceptors (Lipinski definition) is 1. The molecule has 0 unspecified atom stereocenters. The molecule has 0 aliphatic carbocycles. The van der Waals surface area contributed by atoms with E-state index in [-0.39, 0.29) is 0 Å². The second kappa shape index (κ2) is 5.89. The Hall–Kier alpha value is -2.81. The van der Waals surface area contributed by atoms with Crippen molar-refractivity contribution in [1.29, 1.82) is 0 Å². The van der Waals surface area contributed by atoms with Crippen molar-refractivity contribution in [2.75, 3.05) is 0 Å². The van der Waals surface area contributed by atoms with Crippen molar-refractivity contribution < 1.29 is 4.79 Å². The van der Waals surface area contributed by atoms with Crippen molar-refractivity contribution in [1.82, 2.24) is 4.98 Å². The van der Waals surface area contributed by atoms with E-state index in [0.29, 0.717) is 0 Å². The molecule has 3 heteroatoms. The molecule has 0 saturated heterocycles. The Bertz CT molecular complexity index is 784. The van der Waals surface area contributed by atoms with Gasteiger partial charge in [0.2, 0.25) is 5.91 Å². The lowest BCUT2D eigenvalue weighted by Crippen LogP contribution is -2.04. The smallest absolute Gasteiger partial charge is 0.240 e. The molecule has 0 aliphatic heterocycles. The van der Waals surface area contributed by atoms with E-state index >= 15 is 0 Å². The summed E-state index contributed by atoms with van der Waals surface area (Å²) < 4.78 is 0. The number of nitrogens with two attached hydrogens (primary N) is 1. The third kappa shape index (κ3) is 2.62. The fraction of sp³-hybridized carbons (Fsp3) is 0. The first kappa shape index (κ1) is 13.6. The number of fused-ring (bicyclic) bond motifs is 3. The molecule has 0 bridgehead atoms. The van der Waals surface area contributed by atoms with Crippen LogP contribution in [0.25, 0.3) is 27.9 Å². The van der Waals surface area contributed by atoms with Gasteiger partial charge < -0.3 is 10.7 Å². The number of carbonyl (C=O) groups excluding carboxylic acids is 1. The van der Waals surface area contributed by atoms with Gasteiger partial charge in [-0.25, -0.2) is 0 Å². The minimum Gasteiger partial charge on any atom is -0.366 e. The molecule has 0 atom stereocenters. The average molecular weight is 264 g/mol. The number of rotatable bonds is 2. The predicted octanol–water partition coefficient (Wildman–Crippen LogP) is 3.62. The molecule has 0 aliphatic rings. The van der Waals surface area contributed by atoms with Gasteiger partial charge in [-0.2, -0.15) is 0 Å². The second-order valence-corrected chi connectivity index (χ2v) is 4.25. The van der Waals surface area contributed by atoms with Gasteiger partial charge >= 0.3 is 0 Å². The van der Waals surface area contributed by atoms with Crippen LogP contribution in [0.15, 0.2) is 61.7 Å². The SMILES string of the molecule is C=CC(N)=O.C=Cc1cccc2c1[nH]c1ccccc12. The maximum Gasteiger partial charge on any atom is 0.240 e. The zero-order chi connectivity index (χ0) is 14.5. The fourth-order valence-corrected chi connectivity index (χ4v) is 2.07. The van der Waals surface area contributed by atoms with E-state index in [4.69, 9.17) is 0 Å². The van der Waals surface area contributed by atoms with Gasteiger partial charge in [0.05, 0.1) is 5.52 Å². The highest BCUT2D eigenvalue weighted by atomic mass is 16.1. The molecule has 3 nitrogen and oxygen atoms in total. The number of aromatic nitrogens is 1. The van der Waals surface area contributed by atoms with E-state index in [1.165, 1.54) is 21.8 Å². The summed E-state index contributed by atoms with van der Waals surface area (Å²) in [5.41, 5.74) is 8.05. The molecule has 0 spiro atoms. The average Bonchev–Trinajstić information content (AvgIpc) is 2.86. The first-order valence-electron chi connectivity index (χ1n) is 6.21. The summed E-state index contributed by atoms with van der Waals surface area (Å²) in [5, 5.41) is 2.54. The Morgan fingerprint density at radius 2 is 1.70 bits per heavy atom. The lowest BCUT2D eigenvalue weighted by atomic mass is 10.1. The summed E-state index contributed by atoms with van der Waals surface area (Å²) in [7, 11) is 0. The van der Waals surface area contributed by atoms with Gasteiger partial charge in [-0.05, 0) is 17.7 Å². The first-order valence-corrected chi connectivity index (χ1v) is 6.21. The molecular formula is C17H16N2O. The zero-order valence-corrected chi connectivity index (χ0v) is 11.1. The topological polar surface area (TPSA) is 58.9 Å². The molecule has 20 heavy (non-hydrogen) atoms. The Morgan fingerprint density at radius 1 is 1.05 bits per heavy atom. The van der Waals surface area contributed by atoms with Crippen molar-refractivity contribution >= 4 is 33.8 Å². The van der Waals surface area contributed by atoms with Crippen LogP contribution in [0.3, 0.4) is 0 Å². The second-order valence-electron chi connectivity index (χ2n) is 4.25.